The zero-order chi connectivity index (χ0) is 16.1. The number of rotatable bonds is 5. The van der Waals surface area contributed by atoms with Crippen LogP contribution < -0.4 is 15.4 Å². The molecule has 3 rings (SSSR count). The number of hydrogen-bond donors (Lipinski definition) is 2. The van der Waals surface area contributed by atoms with E-state index in [1.54, 1.807) is 7.11 Å². The van der Waals surface area contributed by atoms with E-state index in [-0.39, 0.29) is 6.04 Å². The molecule has 0 radical (unpaired) electrons. The third-order valence-electron chi connectivity index (χ3n) is 4.45. The first-order valence-corrected chi connectivity index (χ1v) is 8.50. The molecular weight excluding hydrogens is 308 g/mol. The van der Waals surface area contributed by atoms with Gasteiger partial charge in [0.25, 0.3) is 0 Å². The van der Waals surface area contributed by atoms with Gasteiger partial charge in [0.15, 0.2) is 0 Å². The lowest BCUT2D eigenvalue weighted by Gasteiger charge is -2.34. The molecule has 2 N–H and O–H groups in total. The summed E-state index contributed by atoms with van der Waals surface area (Å²) in [6.45, 7) is 1.82. The van der Waals surface area contributed by atoms with Gasteiger partial charge in [0.2, 0.25) is 0 Å². The van der Waals surface area contributed by atoms with Crippen LogP contribution in [0.5, 0.6) is 5.75 Å². The van der Waals surface area contributed by atoms with Crippen LogP contribution in [0.2, 0.25) is 5.02 Å². The Morgan fingerprint density at radius 3 is 2.78 bits per heavy atom. The molecule has 23 heavy (non-hydrogen) atoms. The first-order valence-electron chi connectivity index (χ1n) is 8.12. The molecule has 1 saturated heterocycles. The van der Waals surface area contributed by atoms with Gasteiger partial charge in [0.1, 0.15) is 5.75 Å². The van der Waals surface area contributed by atoms with Crippen molar-refractivity contribution in [2.24, 2.45) is 0 Å². The fraction of sp³-hybridized carbons (Fsp3) is 0.368. The highest BCUT2D eigenvalue weighted by atomic mass is 35.5. The van der Waals surface area contributed by atoms with Crippen LogP contribution in [0.25, 0.3) is 0 Å². The summed E-state index contributed by atoms with van der Waals surface area (Å²) < 4.78 is 5.44. The largest absolute Gasteiger partial charge is 0.496 e. The Labute approximate surface area is 143 Å². The van der Waals surface area contributed by atoms with Crippen LogP contribution >= 0.6 is 11.6 Å². The third-order valence-corrected chi connectivity index (χ3v) is 4.79. The highest BCUT2D eigenvalue weighted by molar-refractivity contribution is 6.31. The molecule has 0 aliphatic carbocycles. The first-order chi connectivity index (χ1) is 11.3. The summed E-state index contributed by atoms with van der Waals surface area (Å²) in [5.41, 5.74) is 2.35. The molecule has 0 aromatic heterocycles. The Hall–Kier alpha value is -1.55. The zero-order valence-corrected chi connectivity index (χ0v) is 14.1. The molecule has 1 fully saturated rings. The molecular formula is C19H23ClN2O. The van der Waals surface area contributed by atoms with Crippen molar-refractivity contribution in [3.05, 3.63) is 64.7 Å². The summed E-state index contributed by atoms with van der Waals surface area (Å²) in [5.74, 6) is 0.929. The fourth-order valence-corrected chi connectivity index (χ4v) is 3.51. The number of halogens is 1. The Morgan fingerprint density at radius 1 is 1.17 bits per heavy atom. The van der Waals surface area contributed by atoms with Crippen molar-refractivity contribution in [2.45, 2.75) is 31.5 Å². The standard InChI is InChI=1S/C19H23ClN2O/c1-23-18-11-5-2-7-14(18)13-22-17-10-6-12-21-19(17)15-8-3-4-9-16(15)20/h2-5,7-9,11,17,19,21-22H,6,10,12-13H2,1H3. The molecule has 2 unspecified atom stereocenters. The van der Waals surface area contributed by atoms with Crippen LogP contribution in [0.4, 0.5) is 0 Å². The Bertz CT molecular complexity index is 647. The van der Waals surface area contributed by atoms with Crippen LogP contribution in [-0.2, 0) is 6.54 Å². The smallest absolute Gasteiger partial charge is 0.123 e. The van der Waals surface area contributed by atoms with Crippen LogP contribution in [0, 0.1) is 0 Å². The highest BCUT2D eigenvalue weighted by Gasteiger charge is 2.27. The minimum atomic E-state index is 0.243. The van der Waals surface area contributed by atoms with Gasteiger partial charge in [-0.1, -0.05) is 48.0 Å². The Kier molecular flexibility index (Phi) is 5.55. The average Bonchev–Trinajstić information content (AvgIpc) is 2.61. The van der Waals surface area contributed by atoms with Crippen LogP contribution in [0.15, 0.2) is 48.5 Å². The molecule has 4 heteroatoms. The number of nitrogens with one attached hydrogen (secondary N) is 2. The molecule has 1 heterocycles. The van der Waals surface area contributed by atoms with E-state index < -0.39 is 0 Å². The van der Waals surface area contributed by atoms with Gasteiger partial charge in [-0.15, -0.1) is 0 Å². The van der Waals surface area contributed by atoms with Crippen molar-refractivity contribution in [2.75, 3.05) is 13.7 Å². The number of benzene rings is 2. The van der Waals surface area contributed by atoms with Crippen molar-refractivity contribution in [1.82, 2.24) is 10.6 Å². The van der Waals surface area contributed by atoms with Crippen molar-refractivity contribution >= 4 is 11.6 Å². The minimum Gasteiger partial charge on any atom is -0.496 e. The highest BCUT2D eigenvalue weighted by Crippen LogP contribution is 2.29. The van der Waals surface area contributed by atoms with Crippen molar-refractivity contribution < 1.29 is 4.74 Å². The van der Waals surface area contributed by atoms with E-state index in [9.17, 15) is 0 Å². The molecule has 2 aromatic carbocycles. The van der Waals surface area contributed by atoms with Crippen molar-refractivity contribution in [3.63, 3.8) is 0 Å². The first kappa shape index (κ1) is 16.3. The average molecular weight is 331 g/mol. The monoisotopic (exact) mass is 330 g/mol. The van der Waals surface area contributed by atoms with Crippen molar-refractivity contribution in [3.8, 4) is 5.75 Å². The second-order valence-corrected chi connectivity index (χ2v) is 6.30. The van der Waals surface area contributed by atoms with Gasteiger partial charge >= 0.3 is 0 Å². The molecule has 0 bridgehead atoms. The lowest BCUT2D eigenvalue weighted by Crippen LogP contribution is -2.45. The molecule has 3 nitrogen and oxygen atoms in total. The molecule has 0 spiro atoms. The number of hydrogen-bond acceptors (Lipinski definition) is 3. The summed E-state index contributed by atoms with van der Waals surface area (Å²) >= 11 is 6.40. The number of methoxy groups -OCH3 is 1. The maximum Gasteiger partial charge on any atom is 0.123 e. The summed E-state index contributed by atoms with van der Waals surface area (Å²) in [4.78, 5) is 0. The topological polar surface area (TPSA) is 33.3 Å². The summed E-state index contributed by atoms with van der Waals surface area (Å²) in [6.07, 6.45) is 2.31. The lowest BCUT2D eigenvalue weighted by molar-refractivity contribution is 0.303. The molecule has 2 atom stereocenters. The second-order valence-electron chi connectivity index (χ2n) is 5.89. The fourth-order valence-electron chi connectivity index (χ4n) is 3.25. The minimum absolute atomic E-state index is 0.243. The zero-order valence-electron chi connectivity index (χ0n) is 13.4. The second kappa shape index (κ2) is 7.82. The summed E-state index contributed by atoms with van der Waals surface area (Å²) in [7, 11) is 1.72. The van der Waals surface area contributed by atoms with Crippen LogP contribution in [0.1, 0.15) is 30.0 Å². The van der Waals surface area contributed by atoms with E-state index in [1.165, 1.54) is 17.5 Å². The van der Waals surface area contributed by atoms with E-state index in [2.05, 4.69) is 28.8 Å². The molecule has 0 saturated carbocycles. The number of para-hydroxylation sites is 1. The SMILES string of the molecule is COc1ccccc1CNC1CCCNC1c1ccccc1Cl. The van der Waals surface area contributed by atoms with E-state index in [4.69, 9.17) is 16.3 Å². The maximum absolute atomic E-state index is 6.40. The van der Waals surface area contributed by atoms with Gasteiger partial charge in [-0.2, -0.15) is 0 Å². The van der Waals surface area contributed by atoms with Crippen molar-refractivity contribution in [1.29, 1.82) is 0 Å². The van der Waals surface area contributed by atoms with Crippen LogP contribution in [-0.4, -0.2) is 19.7 Å². The number of ether oxygens (including phenoxy) is 1. The molecule has 122 valence electrons. The predicted molar refractivity (Wildman–Crippen MR) is 95.1 cm³/mol. The van der Waals surface area contributed by atoms with Gasteiger partial charge < -0.3 is 15.4 Å². The van der Waals surface area contributed by atoms with E-state index in [0.29, 0.717) is 6.04 Å². The van der Waals surface area contributed by atoms with E-state index >= 15 is 0 Å². The normalized spacial score (nSPS) is 21.1. The maximum atomic E-state index is 6.40. The third kappa shape index (κ3) is 3.86. The van der Waals surface area contributed by atoms with E-state index in [0.717, 1.165) is 30.3 Å². The molecule has 1 aliphatic rings. The molecule has 0 amide bonds. The predicted octanol–water partition coefficient (Wildman–Crippen LogP) is 3.93. The quantitative estimate of drug-likeness (QED) is 0.871. The lowest BCUT2D eigenvalue weighted by atomic mass is 9.92. The Morgan fingerprint density at radius 2 is 1.96 bits per heavy atom. The summed E-state index contributed by atoms with van der Waals surface area (Å²) in [6, 6.07) is 16.9. The van der Waals surface area contributed by atoms with Gasteiger partial charge in [-0.3, -0.25) is 0 Å². The number of piperidine rings is 1. The molecule has 2 aromatic rings. The van der Waals surface area contributed by atoms with Gasteiger partial charge in [-0.25, -0.2) is 0 Å². The van der Waals surface area contributed by atoms with Gasteiger partial charge in [0, 0.05) is 29.2 Å². The van der Waals surface area contributed by atoms with Crippen LogP contribution in [0.3, 0.4) is 0 Å². The van der Waals surface area contributed by atoms with Gasteiger partial charge in [-0.05, 0) is 37.1 Å². The van der Waals surface area contributed by atoms with E-state index in [1.807, 2.05) is 30.3 Å². The summed E-state index contributed by atoms with van der Waals surface area (Å²) in [5, 5.41) is 8.13. The van der Waals surface area contributed by atoms with Gasteiger partial charge in [0.05, 0.1) is 7.11 Å². The molecule has 1 aliphatic heterocycles. The Balaban J connectivity index is 1.73.